The Labute approximate surface area is 109 Å². The number of nitrogens with one attached hydrogen (secondary N) is 1. The third-order valence-electron chi connectivity index (χ3n) is 2.29. The SMILES string of the molecule is Nc1ccc(C(=O)NCC(F)(F)C(F)F)cc1[N+](=O)[O-]. The predicted octanol–water partition coefficient (Wildman–Crippen LogP) is 1.81. The molecule has 110 valence electrons. The summed E-state index contributed by atoms with van der Waals surface area (Å²) in [5.74, 6) is -5.52. The molecule has 0 saturated heterocycles. The zero-order valence-electron chi connectivity index (χ0n) is 9.78. The highest BCUT2D eigenvalue weighted by atomic mass is 19.3. The van der Waals surface area contributed by atoms with E-state index in [0.717, 1.165) is 18.2 Å². The second kappa shape index (κ2) is 5.72. The van der Waals surface area contributed by atoms with Gasteiger partial charge in [-0.25, -0.2) is 8.78 Å². The van der Waals surface area contributed by atoms with E-state index in [1.54, 1.807) is 5.32 Å². The number of hydrogen-bond acceptors (Lipinski definition) is 4. The van der Waals surface area contributed by atoms with Gasteiger partial charge in [0.2, 0.25) is 0 Å². The van der Waals surface area contributed by atoms with E-state index >= 15 is 0 Å². The van der Waals surface area contributed by atoms with Crippen molar-refractivity contribution in [3.05, 3.63) is 33.9 Å². The number of alkyl halides is 4. The monoisotopic (exact) mass is 295 g/mol. The Kier molecular flexibility index (Phi) is 4.48. The molecule has 0 radical (unpaired) electrons. The van der Waals surface area contributed by atoms with Crippen molar-refractivity contribution in [1.29, 1.82) is 0 Å². The van der Waals surface area contributed by atoms with Crippen molar-refractivity contribution in [3.8, 4) is 0 Å². The number of hydrogen-bond donors (Lipinski definition) is 2. The fraction of sp³-hybridized carbons (Fsp3) is 0.300. The van der Waals surface area contributed by atoms with Gasteiger partial charge in [0, 0.05) is 11.6 Å². The summed E-state index contributed by atoms with van der Waals surface area (Å²) in [6, 6.07) is 2.86. The second-order valence-corrected chi connectivity index (χ2v) is 3.78. The molecule has 1 rings (SSSR count). The van der Waals surface area contributed by atoms with Crippen LogP contribution < -0.4 is 11.1 Å². The van der Waals surface area contributed by atoms with E-state index in [1.807, 2.05) is 0 Å². The fourth-order valence-electron chi connectivity index (χ4n) is 1.22. The highest BCUT2D eigenvalue weighted by molar-refractivity contribution is 5.95. The highest BCUT2D eigenvalue weighted by Crippen LogP contribution is 2.23. The molecule has 0 atom stereocenters. The normalized spacial score (nSPS) is 11.4. The van der Waals surface area contributed by atoms with Crippen LogP contribution in [0.15, 0.2) is 18.2 Å². The van der Waals surface area contributed by atoms with Crippen LogP contribution in [0.4, 0.5) is 28.9 Å². The molecule has 0 aromatic heterocycles. The standard InChI is InChI=1S/C10H9F4N3O3/c11-9(12)10(13,14)4-16-8(18)5-1-2-6(15)7(3-5)17(19)20/h1-3,9H,4,15H2,(H,16,18). The largest absolute Gasteiger partial charge is 0.393 e. The first-order valence-electron chi connectivity index (χ1n) is 5.13. The van der Waals surface area contributed by atoms with Gasteiger partial charge in [-0.1, -0.05) is 0 Å². The molecule has 0 heterocycles. The Morgan fingerprint density at radius 2 is 2.05 bits per heavy atom. The van der Waals surface area contributed by atoms with Gasteiger partial charge in [0.25, 0.3) is 11.6 Å². The van der Waals surface area contributed by atoms with Gasteiger partial charge >= 0.3 is 12.3 Å². The van der Waals surface area contributed by atoms with Gasteiger partial charge in [-0.15, -0.1) is 0 Å². The van der Waals surface area contributed by atoms with Crippen LogP contribution in [0.1, 0.15) is 10.4 Å². The minimum atomic E-state index is -4.38. The Morgan fingerprint density at radius 3 is 2.55 bits per heavy atom. The molecule has 0 unspecified atom stereocenters. The van der Waals surface area contributed by atoms with Gasteiger partial charge in [0.05, 0.1) is 11.5 Å². The summed E-state index contributed by atoms with van der Waals surface area (Å²) >= 11 is 0. The molecule has 1 aromatic rings. The molecule has 0 bridgehead atoms. The molecule has 1 amide bonds. The lowest BCUT2D eigenvalue weighted by atomic mass is 10.1. The number of benzene rings is 1. The fourth-order valence-corrected chi connectivity index (χ4v) is 1.22. The number of anilines is 1. The maximum absolute atomic E-state index is 12.6. The first-order valence-corrected chi connectivity index (χ1v) is 5.13. The number of carbonyl (C=O) groups excluding carboxylic acids is 1. The summed E-state index contributed by atoms with van der Waals surface area (Å²) in [7, 11) is 0. The minimum Gasteiger partial charge on any atom is -0.393 e. The predicted molar refractivity (Wildman–Crippen MR) is 60.8 cm³/mol. The molecule has 0 saturated carbocycles. The van der Waals surface area contributed by atoms with Crippen molar-refractivity contribution >= 4 is 17.3 Å². The lowest BCUT2D eigenvalue weighted by Gasteiger charge is -2.15. The van der Waals surface area contributed by atoms with Crippen LogP contribution in [0, 0.1) is 10.1 Å². The topological polar surface area (TPSA) is 98.3 Å². The lowest BCUT2D eigenvalue weighted by molar-refractivity contribution is -0.383. The maximum atomic E-state index is 12.6. The van der Waals surface area contributed by atoms with E-state index < -0.39 is 35.4 Å². The van der Waals surface area contributed by atoms with Crippen LogP contribution in [-0.4, -0.2) is 29.7 Å². The molecule has 10 heteroatoms. The molecule has 1 aromatic carbocycles. The van der Waals surface area contributed by atoms with Gasteiger partial charge in [-0.2, -0.15) is 8.78 Å². The summed E-state index contributed by atoms with van der Waals surface area (Å²) in [6.07, 6.45) is -3.93. The molecule has 6 nitrogen and oxygen atoms in total. The number of halogens is 4. The van der Waals surface area contributed by atoms with Crippen LogP contribution in [0.2, 0.25) is 0 Å². The maximum Gasteiger partial charge on any atom is 0.324 e. The summed E-state index contributed by atoms with van der Waals surface area (Å²) in [6.45, 7) is -1.58. The van der Waals surface area contributed by atoms with Crippen molar-refractivity contribution in [2.24, 2.45) is 0 Å². The van der Waals surface area contributed by atoms with E-state index in [0.29, 0.717) is 0 Å². The zero-order chi connectivity index (χ0) is 15.5. The summed E-state index contributed by atoms with van der Waals surface area (Å²) in [5, 5.41) is 12.2. The molecule has 0 spiro atoms. The number of nitrogen functional groups attached to an aromatic ring is 1. The smallest absolute Gasteiger partial charge is 0.324 e. The van der Waals surface area contributed by atoms with Gasteiger partial charge in [-0.05, 0) is 12.1 Å². The number of amides is 1. The van der Waals surface area contributed by atoms with E-state index in [9.17, 15) is 32.5 Å². The number of nitro groups is 1. The van der Waals surface area contributed by atoms with Crippen molar-refractivity contribution in [2.45, 2.75) is 12.3 Å². The van der Waals surface area contributed by atoms with Gasteiger partial charge in [0.15, 0.2) is 0 Å². The first kappa shape index (κ1) is 15.7. The molecule has 0 aliphatic carbocycles. The van der Waals surface area contributed by atoms with E-state index in [4.69, 9.17) is 5.73 Å². The average molecular weight is 295 g/mol. The zero-order valence-corrected chi connectivity index (χ0v) is 9.78. The van der Waals surface area contributed by atoms with Crippen molar-refractivity contribution in [1.82, 2.24) is 5.32 Å². The van der Waals surface area contributed by atoms with Crippen molar-refractivity contribution in [3.63, 3.8) is 0 Å². The van der Waals surface area contributed by atoms with Crippen LogP contribution in [0.3, 0.4) is 0 Å². The highest BCUT2D eigenvalue weighted by Gasteiger charge is 2.40. The Hall–Kier alpha value is -2.39. The van der Waals surface area contributed by atoms with E-state index in [1.165, 1.54) is 0 Å². The van der Waals surface area contributed by atoms with Crippen molar-refractivity contribution < 1.29 is 27.3 Å². The Balaban J connectivity index is 2.84. The number of carbonyl (C=O) groups is 1. The van der Waals surface area contributed by atoms with Gasteiger partial charge < -0.3 is 11.1 Å². The summed E-state index contributed by atoms with van der Waals surface area (Å²) in [4.78, 5) is 21.2. The molecule has 0 fully saturated rings. The third kappa shape index (κ3) is 3.56. The Morgan fingerprint density at radius 1 is 1.45 bits per heavy atom. The number of nitro benzene ring substituents is 1. The van der Waals surface area contributed by atoms with Crippen LogP contribution in [0.25, 0.3) is 0 Å². The Bertz CT molecular complexity index is 536. The minimum absolute atomic E-state index is 0.218. The van der Waals surface area contributed by atoms with Crippen LogP contribution in [0.5, 0.6) is 0 Å². The van der Waals surface area contributed by atoms with E-state index in [-0.39, 0.29) is 11.3 Å². The average Bonchev–Trinajstić information content (AvgIpc) is 2.36. The third-order valence-corrected chi connectivity index (χ3v) is 2.29. The summed E-state index contributed by atoms with van der Waals surface area (Å²) < 4.78 is 49.0. The van der Waals surface area contributed by atoms with Gasteiger partial charge in [0.1, 0.15) is 5.69 Å². The molecular formula is C10H9F4N3O3. The van der Waals surface area contributed by atoms with Crippen LogP contribution >= 0.6 is 0 Å². The first-order chi connectivity index (χ1) is 9.15. The number of nitrogens with zero attached hydrogens (tertiary/aromatic N) is 1. The lowest BCUT2D eigenvalue weighted by Crippen LogP contribution is -2.41. The van der Waals surface area contributed by atoms with Crippen molar-refractivity contribution in [2.75, 3.05) is 12.3 Å². The van der Waals surface area contributed by atoms with Crippen LogP contribution in [-0.2, 0) is 0 Å². The summed E-state index contributed by atoms with van der Waals surface area (Å²) in [5.41, 5.74) is 4.14. The molecule has 20 heavy (non-hydrogen) atoms. The molecule has 0 aliphatic heterocycles. The molecule has 0 aliphatic rings. The molecular weight excluding hydrogens is 286 g/mol. The quantitative estimate of drug-likeness (QED) is 0.374. The number of rotatable bonds is 5. The van der Waals surface area contributed by atoms with E-state index in [2.05, 4.69) is 0 Å². The number of nitrogens with two attached hydrogens (primary N) is 1. The van der Waals surface area contributed by atoms with Gasteiger partial charge in [-0.3, -0.25) is 14.9 Å². The molecule has 3 N–H and O–H groups in total. The second-order valence-electron chi connectivity index (χ2n) is 3.78.